The number of nitrogens with zero attached hydrogens (tertiary/aromatic N) is 1. The first-order chi connectivity index (χ1) is 10.0. The molecule has 1 N–H and O–H groups in total. The molecule has 0 unspecified atom stereocenters. The van der Waals surface area contributed by atoms with E-state index < -0.39 is 22.0 Å². The fraction of sp³-hybridized carbons (Fsp3) is 0.533. The topological polar surface area (TPSA) is 74.7 Å². The summed E-state index contributed by atoms with van der Waals surface area (Å²) in [5, 5.41) is 9.43. The van der Waals surface area contributed by atoms with Gasteiger partial charge in [0.15, 0.2) is 0 Å². The molecule has 5 nitrogen and oxygen atoms in total. The summed E-state index contributed by atoms with van der Waals surface area (Å²) in [4.78, 5) is 11.7. The Labute approximate surface area is 124 Å². The number of rotatable bonds is 3. The Kier molecular flexibility index (Phi) is 3.75. The van der Waals surface area contributed by atoms with E-state index in [-0.39, 0.29) is 16.9 Å². The summed E-state index contributed by atoms with van der Waals surface area (Å²) in [6, 6.07) is 7.05. The minimum absolute atomic E-state index is 0.162. The first-order valence-electron chi connectivity index (χ1n) is 7.33. The molecule has 1 aliphatic heterocycles. The van der Waals surface area contributed by atoms with Gasteiger partial charge >= 0.3 is 5.97 Å². The molecule has 1 heterocycles. The second-order valence-corrected chi connectivity index (χ2v) is 7.69. The van der Waals surface area contributed by atoms with Crippen LogP contribution in [-0.4, -0.2) is 35.9 Å². The van der Waals surface area contributed by atoms with Crippen molar-refractivity contribution >= 4 is 16.0 Å². The summed E-state index contributed by atoms with van der Waals surface area (Å²) >= 11 is 0. The van der Waals surface area contributed by atoms with Gasteiger partial charge < -0.3 is 5.11 Å². The summed E-state index contributed by atoms with van der Waals surface area (Å²) < 4.78 is 27.0. The van der Waals surface area contributed by atoms with E-state index in [0.717, 1.165) is 25.7 Å². The maximum absolute atomic E-state index is 12.9. The Morgan fingerprint density at radius 3 is 2.48 bits per heavy atom. The van der Waals surface area contributed by atoms with E-state index >= 15 is 0 Å². The normalized spacial score (nSPS) is 30.0. The Hall–Kier alpha value is -1.40. The zero-order chi connectivity index (χ0) is 15.0. The minimum atomic E-state index is -3.75. The van der Waals surface area contributed by atoms with Gasteiger partial charge in [0.1, 0.15) is 6.04 Å². The Bertz CT molecular complexity index is 628. The highest BCUT2D eigenvalue weighted by molar-refractivity contribution is 7.89. The fourth-order valence-electron chi connectivity index (χ4n) is 3.69. The van der Waals surface area contributed by atoms with Gasteiger partial charge in [-0.15, -0.1) is 0 Å². The second-order valence-electron chi connectivity index (χ2n) is 5.85. The monoisotopic (exact) mass is 309 g/mol. The van der Waals surface area contributed by atoms with Crippen molar-refractivity contribution in [1.29, 1.82) is 0 Å². The van der Waals surface area contributed by atoms with E-state index in [1.165, 1.54) is 16.4 Å². The van der Waals surface area contributed by atoms with Crippen molar-refractivity contribution in [3.05, 3.63) is 30.3 Å². The van der Waals surface area contributed by atoms with Crippen molar-refractivity contribution in [3.8, 4) is 0 Å². The lowest BCUT2D eigenvalue weighted by Crippen LogP contribution is -2.46. The third-order valence-electron chi connectivity index (χ3n) is 4.63. The number of carboxylic acids is 1. The predicted molar refractivity (Wildman–Crippen MR) is 77.3 cm³/mol. The number of hydrogen-bond donors (Lipinski definition) is 1. The lowest BCUT2D eigenvalue weighted by Gasteiger charge is -2.32. The smallest absolute Gasteiger partial charge is 0.322 e. The lowest BCUT2D eigenvalue weighted by molar-refractivity contribution is -0.141. The Morgan fingerprint density at radius 2 is 1.81 bits per heavy atom. The number of benzene rings is 1. The summed E-state index contributed by atoms with van der Waals surface area (Å²) in [5.41, 5.74) is 0. The summed E-state index contributed by atoms with van der Waals surface area (Å²) in [7, 11) is -3.75. The Morgan fingerprint density at radius 1 is 1.14 bits per heavy atom. The maximum atomic E-state index is 12.9. The zero-order valence-corrected chi connectivity index (χ0v) is 12.5. The molecule has 1 aromatic rings. The van der Waals surface area contributed by atoms with Crippen LogP contribution in [0.25, 0.3) is 0 Å². The van der Waals surface area contributed by atoms with Crippen LogP contribution in [0, 0.1) is 5.92 Å². The number of sulfonamides is 1. The van der Waals surface area contributed by atoms with Crippen LogP contribution in [0.15, 0.2) is 35.2 Å². The van der Waals surface area contributed by atoms with Crippen LogP contribution in [-0.2, 0) is 14.8 Å². The van der Waals surface area contributed by atoms with Gasteiger partial charge in [0.25, 0.3) is 0 Å². The van der Waals surface area contributed by atoms with Gasteiger partial charge in [-0.1, -0.05) is 31.0 Å². The summed E-state index contributed by atoms with van der Waals surface area (Å²) in [6.45, 7) is 0. The second kappa shape index (κ2) is 5.42. The molecule has 0 amide bonds. The van der Waals surface area contributed by atoms with Gasteiger partial charge in [0.05, 0.1) is 4.90 Å². The number of carboxylic acid groups (broad SMARTS) is 1. The highest BCUT2D eigenvalue weighted by Gasteiger charge is 2.51. The van der Waals surface area contributed by atoms with Crippen molar-refractivity contribution in [2.75, 3.05) is 0 Å². The molecule has 3 atom stereocenters. The first-order valence-corrected chi connectivity index (χ1v) is 8.77. The molecule has 1 saturated heterocycles. The molecule has 0 bridgehead atoms. The van der Waals surface area contributed by atoms with Gasteiger partial charge in [-0.3, -0.25) is 4.79 Å². The van der Waals surface area contributed by atoms with Crippen molar-refractivity contribution in [2.24, 2.45) is 5.92 Å². The minimum Gasteiger partial charge on any atom is -0.480 e. The van der Waals surface area contributed by atoms with Crippen molar-refractivity contribution < 1.29 is 18.3 Å². The van der Waals surface area contributed by atoms with E-state index in [2.05, 4.69) is 0 Å². The lowest BCUT2D eigenvalue weighted by atomic mass is 9.85. The molecule has 2 aliphatic rings. The largest absolute Gasteiger partial charge is 0.480 e. The van der Waals surface area contributed by atoms with Gasteiger partial charge in [-0.2, -0.15) is 4.31 Å². The van der Waals surface area contributed by atoms with Crippen LogP contribution in [0.2, 0.25) is 0 Å². The third kappa shape index (κ3) is 2.46. The highest BCUT2D eigenvalue weighted by atomic mass is 32.2. The molecule has 0 radical (unpaired) electrons. The summed E-state index contributed by atoms with van der Waals surface area (Å²) in [6.07, 6.45) is 4.16. The molecule has 2 fully saturated rings. The molecule has 0 aromatic heterocycles. The number of fused-ring (bicyclic) bond motifs is 1. The molecule has 3 rings (SSSR count). The van der Waals surface area contributed by atoms with Gasteiger partial charge in [-0.05, 0) is 37.3 Å². The Balaban J connectivity index is 2.02. The summed E-state index contributed by atoms with van der Waals surface area (Å²) in [5.74, 6) is -0.859. The molecule has 0 spiro atoms. The maximum Gasteiger partial charge on any atom is 0.322 e. The average Bonchev–Trinajstić information content (AvgIpc) is 2.88. The van der Waals surface area contributed by atoms with Crippen molar-refractivity contribution in [2.45, 2.75) is 49.1 Å². The van der Waals surface area contributed by atoms with E-state index in [4.69, 9.17) is 0 Å². The molecule has 1 saturated carbocycles. The van der Waals surface area contributed by atoms with Crippen LogP contribution in [0.5, 0.6) is 0 Å². The van der Waals surface area contributed by atoms with Crippen LogP contribution in [0.1, 0.15) is 32.1 Å². The van der Waals surface area contributed by atoms with Gasteiger partial charge in [0.2, 0.25) is 10.0 Å². The number of hydrogen-bond acceptors (Lipinski definition) is 3. The van der Waals surface area contributed by atoms with Crippen molar-refractivity contribution in [1.82, 2.24) is 4.31 Å². The van der Waals surface area contributed by atoms with Crippen LogP contribution >= 0.6 is 0 Å². The first kappa shape index (κ1) is 14.5. The predicted octanol–water partition coefficient (Wildman–Crippen LogP) is 2.09. The molecule has 21 heavy (non-hydrogen) atoms. The van der Waals surface area contributed by atoms with E-state index in [9.17, 15) is 18.3 Å². The van der Waals surface area contributed by atoms with E-state index in [1.807, 2.05) is 0 Å². The van der Waals surface area contributed by atoms with Crippen molar-refractivity contribution in [3.63, 3.8) is 0 Å². The molecular weight excluding hydrogens is 290 g/mol. The average molecular weight is 309 g/mol. The third-order valence-corrected chi connectivity index (χ3v) is 6.58. The van der Waals surface area contributed by atoms with Gasteiger partial charge in [0, 0.05) is 6.04 Å². The van der Waals surface area contributed by atoms with Gasteiger partial charge in [-0.25, -0.2) is 8.42 Å². The number of aliphatic carboxylic acids is 1. The quantitative estimate of drug-likeness (QED) is 0.928. The standard InChI is InChI=1S/C15H19NO4S/c17-15(18)14-10-11-6-4-5-9-13(11)16(14)21(19,20)12-7-2-1-3-8-12/h1-3,7-8,11,13-14H,4-6,9-10H2,(H,17,18)/t11-,13+,14+/m1/s1. The molecular formula is C15H19NO4S. The molecule has 1 aromatic carbocycles. The van der Waals surface area contributed by atoms with Crippen LogP contribution in [0.3, 0.4) is 0 Å². The highest BCUT2D eigenvalue weighted by Crippen LogP contribution is 2.42. The molecule has 1 aliphatic carbocycles. The van der Waals surface area contributed by atoms with Crippen LogP contribution < -0.4 is 0 Å². The van der Waals surface area contributed by atoms with E-state index in [0.29, 0.717) is 6.42 Å². The zero-order valence-electron chi connectivity index (χ0n) is 11.7. The molecule has 114 valence electrons. The fourth-order valence-corrected chi connectivity index (χ4v) is 5.58. The SMILES string of the molecule is O=C(O)[C@@H]1C[C@H]2CCCC[C@@H]2N1S(=O)(=O)c1ccccc1. The van der Waals surface area contributed by atoms with Crippen LogP contribution in [0.4, 0.5) is 0 Å². The molecule has 6 heteroatoms. The number of carbonyl (C=O) groups is 1. The van der Waals surface area contributed by atoms with E-state index in [1.54, 1.807) is 18.2 Å².